The molecule has 0 radical (unpaired) electrons. The molecule has 0 aliphatic carbocycles. The second kappa shape index (κ2) is 22.5. The van der Waals surface area contributed by atoms with Crippen molar-refractivity contribution in [2.24, 2.45) is 0 Å². The molecule has 0 saturated heterocycles. The van der Waals surface area contributed by atoms with E-state index in [1.807, 2.05) is 0 Å². The van der Waals surface area contributed by atoms with E-state index in [0.717, 1.165) is 12.8 Å². The van der Waals surface area contributed by atoms with Gasteiger partial charge in [-0.3, -0.25) is 4.79 Å². The normalized spacial score (nSPS) is 9.86. The summed E-state index contributed by atoms with van der Waals surface area (Å²) in [7, 11) is 0. The minimum Gasteiger partial charge on any atom is -0.550 e. The molecule has 0 aliphatic heterocycles. The molecule has 0 fully saturated rings. The predicted octanol–water partition coefficient (Wildman–Crippen LogP) is -5.92. The Bertz CT molecular complexity index is 454. The summed E-state index contributed by atoms with van der Waals surface area (Å²) in [6.07, 6.45) is 8.89. The molecule has 0 aliphatic rings. The summed E-state index contributed by atoms with van der Waals surface area (Å²) >= 11 is 0. The van der Waals surface area contributed by atoms with Crippen molar-refractivity contribution in [3.05, 3.63) is 0 Å². The monoisotopic (exact) mass is 436 g/mol. The summed E-state index contributed by atoms with van der Waals surface area (Å²) in [6, 6.07) is 0. The van der Waals surface area contributed by atoms with Crippen molar-refractivity contribution in [3.63, 3.8) is 0 Å². The number of rotatable bonds is 15. The molecule has 9 nitrogen and oxygen atoms in total. The minimum absolute atomic E-state index is 0. The largest absolute Gasteiger partial charge is 1.00 e. The Labute approximate surface area is 215 Å². The second-order valence-electron chi connectivity index (χ2n) is 6.41. The molecule has 158 valence electrons. The molecule has 0 rings (SSSR count). The van der Waals surface area contributed by atoms with Crippen LogP contribution in [-0.2, 0) is 19.2 Å². The summed E-state index contributed by atoms with van der Waals surface area (Å²) in [5, 5.41) is 45.6. The third-order valence-corrected chi connectivity index (χ3v) is 3.77. The van der Waals surface area contributed by atoms with Gasteiger partial charge in [0.25, 0.3) is 0 Å². The van der Waals surface area contributed by atoms with Gasteiger partial charge in [-0.1, -0.05) is 58.3 Å². The molecule has 0 aromatic carbocycles. The van der Waals surface area contributed by atoms with Crippen molar-refractivity contribution in [1.82, 2.24) is 0 Å². The molecular weight excluding hydrogens is 406 g/mol. The molecule has 0 heterocycles. The van der Waals surface area contributed by atoms with Gasteiger partial charge in [0.15, 0.2) is 5.60 Å². The number of aliphatic hydroxyl groups is 1. The van der Waals surface area contributed by atoms with Crippen LogP contribution in [0.4, 0.5) is 0 Å². The molecule has 29 heavy (non-hydrogen) atoms. The third-order valence-electron chi connectivity index (χ3n) is 3.77. The molecule has 0 aromatic rings. The molecule has 0 bridgehead atoms. The molecule has 11 heteroatoms. The first kappa shape index (κ1) is 36.2. The number of carbonyl (C=O) groups excluding carboxylic acids is 2. The Hall–Kier alpha value is -0.160. The average molecular weight is 436 g/mol. The van der Waals surface area contributed by atoms with Crippen LogP contribution < -0.4 is 69.3 Å². The standard InChI is InChI=1S/C12H24O2.C6H8O7.2Na/c1-2-3-4-5-6-7-8-9-10-11-12(13)14;7-3(8)1-6(13,5(11)12)2-4(9)10;;/h2-11H2,1H3,(H,13,14);13H,1-2H2,(H,7,8)(H,9,10)(H,11,12);;/q;;2*+1/p-2. The molecular formula is C18H30Na2O9. The van der Waals surface area contributed by atoms with Crippen molar-refractivity contribution in [2.75, 3.05) is 0 Å². The van der Waals surface area contributed by atoms with E-state index in [2.05, 4.69) is 6.92 Å². The van der Waals surface area contributed by atoms with Gasteiger partial charge in [-0.25, -0.2) is 4.79 Å². The van der Waals surface area contributed by atoms with Gasteiger partial charge in [0.2, 0.25) is 0 Å². The Kier molecular flexibility index (Phi) is 28.1. The summed E-state index contributed by atoms with van der Waals surface area (Å²) in [4.78, 5) is 40.4. The minimum atomic E-state index is -2.86. The maximum atomic E-state index is 10.3. The van der Waals surface area contributed by atoms with E-state index in [1.54, 1.807) is 0 Å². The van der Waals surface area contributed by atoms with E-state index in [4.69, 9.17) is 15.3 Å². The molecule has 0 spiro atoms. The second-order valence-corrected chi connectivity index (χ2v) is 6.41. The van der Waals surface area contributed by atoms with Crippen LogP contribution in [0.5, 0.6) is 0 Å². The fourth-order valence-corrected chi connectivity index (χ4v) is 2.28. The Morgan fingerprint density at radius 1 is 0.724 bits per heavy atom. The zero-order chi connectivity index (χ0) is 21.3. The molecule has 0 aromatic heterocycles. The zero-order valence-corrected chi connectivity index (χ0v) is 21.8. The average Bonchev–Trinajstić information content (AvgIpc) is 2.52. The quantitative estimate of drug-likeness (QED) is 0.167. The summed E-state index contributed by atoms with van der Waals surface area (Å²) in [5.41, 5.74) is -2.86. The summed E-state index contributed by atoms with van der Waals surface area (Å²) in [6.45, 7) is 2.23. The molecule has 0 saturated carbocycles. The van der Waals surface area contributed by atoms with Gasteiger partial charge in [-0.2, -0.15) is 0 Å². The van der Waals surface area contributed by atoms with Crippen molar-refractivity contribution in [1.29, 1.82) is 0 Å². The first-order valence-corrected chi connectivity index (χ1v) is 9.12. The van der Waals surface area contributed by atoms with E-state index in [-0.39, 0.29) is 59.1 Å². The summed E-state index contributed by atoms with van der Waals surface area (Å²) < 4.78 is 0. The van der Waals surface area contributed by atoms with Gasteiger partial charge >= 0.3 is 71.1 Å². The molecule has 3 N–H and O–H groups in total. The Balaban J connectivity index is -0.000000202. The zero-order valence-electron chi connectivity index (χ0n) is 17.8. The maximum absolute atomic E-state index is 10.3. The van der Waals surface area contributed by atoms with Crippen LogP contribution >= 0.6 is 0 Å². The van der Waals surface area contributed by atoms with Crippen LogP contribution in [0.2, 0.25) is 0 Å². The number of unbranched alkanes of at least 4 members (excludes halogenated alkanes) is 8. The SMILES string of the molecule is CCCCCCCCCCCC(=O)O.O=C([O-])CC(O)(CC(=O)[O-])C(=O)O.[Na+].[Na+]. The van der Waals surface area contributed by atoms with Crippen molar-refractivity contribution in [2.45, 2.75) is 89.6 Å². The number of hydrogen-bond donors (Lipinski definition) is 3. The molecule has 0 atom stereocenters. The van der Waals surface area contributed by atoms with Crippen LogP contribution in [0.3, 0.4) is 0 Å². The van der Waals surface area contributed by atoms with Crippen LogP contribution in [-0.4, -0.2) is 44.8 Å². The van der Waals surface area contributed by atoms with Gasteiger partial charge in [0.1, 0.15) is 0 Å². The van der Waals surface area contributed by atoms with Crippen molar-refractivity contribution >= 4 is 23.9 Å². The predicted molar refractivity (Wildman–Crippen MR) is 91.3 cm³/mol. The Morgan fingerprint density at radius 3 is 1.34 bits per heavy atom. The fourth-order valence-electron chi connectivity index (χ4n) is 2.28. The Morgan fingerprint density at radius 2 is 1.07 bits per heavy atom. The van der Waals surface area contributed by atoms with E-state index < -0.39 is 42.3 Å². The number of carboxylic acid groups (broad SMARTS) is 4. The van der Waals surface area contributed by atoms with Crippen LogP contribution in [0.1, 0.15) is 84.0 Å². The smallest absolute Gasteiger partial charge is 0.550 e. The van der Waals surface area contributed by atoms with Crippen molar-refractivity contribution in [3.8, 4) is 0 Å². The van der Waals surface area contributed by atoms with E-state index in [9.17, 15) is 29.4 Å². The number of carboxylic acids is 4. The van der Waals surface area contributed by atoms with Gasteiger partial charge in [0, 0.05) is 31.2 Å². The van der Waals surface area contributed by atoms with Crippen LogP contribution in [0, 0.1) is 0 Å². The molecule has 0 amide bonds. The first-order valence-electron chi connectivity index (χ1n) is 9.12. The number of hydrogen-bond acceptors (Lipinski definition) is 7. The van der Waals surface area contributed by atoms with Crippen LogP contribution in [0.15, 0.2) is 0 Å². The van der Waals surface area contributed by atoms with Gasteiger partial charge < -0.3 is 35.1 Å². The van der Waals surface area contributed by atoms with Gasteiger partial charge in [-0.05, 0) is 6.42 Å². The van der Waals surface area contributed by atoms with E-state index >= 15 is 0 Å². The summed E-state index contributed by atoms with van der Waals surface area (Å²) in [5.74, 6) is -6.31. The van der Waals surface area contributed by atoms with E-state index in [1.165, 1.54) is 44.9 Å². The number of carbonyl (C=O) groups is 4. The molecule has 0 unspecified atom stereocenters. The third kappa shape index (κ3) is 25.8. The van der Waals surface area contributed by atoms with Gasteiger partial charge in [0.05, 0.1) is 0 Å². The number of aliphatic carboxylic acids is 4. The van der Waals surface area contributed by atoms with Crippen LogP contribution in [0.25, 0.3) is 0 Å². The van der Waals surface area contributed by atoms with Crippen molar-refractivity contribution < 1.29 is 104 Å². The topological polar surface area (TPSA) is 175 Å². The van der Waals surface area contributed by atoms with Gasteiger partial charge in [-0.15, -0.1) is 0 Å². The maximum Gasteiger partial charge on any atom is 1.00 e. The first-order chi connectivity index (χ1) is 12.5. The van der Waals surface area contributed by atoms with E-state index in [0.29, 0.717) is 6.42 Å². The fraction of sp³-hybridized carbons (Fsp3) is 0.778.